The molecule has 0 heterocycles. The van der Waals surface area contributed by atoms with Crippen LogP contribution in [0.15, 0.2) is 50.1 Å². The Labute approximate surface area is 108 Å². The van der Waals surface area contributed by atoms with E-state index in [9.17, 15) is 9.90 Å². The second kappa shape index (κ2) is 6.60. The molecule has 0 spiro atoms. The number of benzene rings is 1. The summed E-state index contributed by atoms with van der Waals surface area (Å²) in [7, 11) is 0. The number of aromatic carboxylic acids is 1. The molecule has 18 heavy (non-hydrogen) atoms. The van der Waals surface area contributed by atoms with E-state index in [4.69, 9.17) is 0 Å². The van der Waals surface area contributed by atoms with E-state index in [0.29, 0.717) is 18.4 Å². The number of hydrogen-bond acceptors (Lipinski definition) is 1. The van der Waals surface area contributed by atoms with Crippen molar-refractivity contribution in [3.63, 3.8) is 0 Å². The van der Waals surface area contributed by atoms with Crippen LogP contribution in [0.25, 0.3) is 0 Å². The summed E-state index contributed by atoms with van der Waals surface area (Å²) in [6.07, 6.45) is 7.28. The molecular formula is C16H18O2. The number of rotatable bonds is 7. The summed E-state index contributed by atoms with van der Waals surface area (Å²) in [6.45, 7) is 11.2. The van der Waals surface area contributed by atoms with Crippen molar-refractivity contribution in [3.8, 4) is 0 Å². The summed E-state index contributed by atoms with van der Waals surface area (Å²) < 4.78 is 0. The van der Waals surface area contributed by atoms with E-state index in [1.54, 1.807) is 18.2 Å². The highest BCUT2D eigenvalue weighted by molar-refractivity contribution is 5.90. The van der Waals surface area contributed by atoms with Gasteiger partial charge in [-0.1, -0.05) is 24.3 Å². The molecule has 0 radical (unpaired) electrons. The first kappa shape index (κ1) is 14.0. The van der Waals surface area contributed by atoms with Gasteiger partial charge in [0.1, 0.15) is 0 Å². The van der Waals surface area contributed by atoms with Crippen LogP contribution in [0.2, 0.25) is 0 Å². The van der Waals surface area contributed by atoms with Crippen LogP contribution in [0, 0.1) is 0 Å². The van der Waals surface area contributed by atoms with Crippen molar-refractivity contribution in [2.24, 2.45) is 0 Å². The van der Waals surface area contributed by atoms with Crippen LogP contribution in [-0.4, -0.2) is 11.1 Å². The number of hydrogen-bond donors (Lipinski definition) is 1. The van der Waals surface area contributed by atoms with Crippen LogP contribution in [0.4, 0.5) is 0 Å². The Morgan fingerprint density at radius 2 is 1.56 bits per heavy atom. The largest absolute Gasteiger partial charge is 0.478 e. The summed E-state index contributed by atoms with van der Waals surface area (Å²) in [6, 6.07) is 3.52. The van der Waals surface area contributed by atoms with E-state index in [1.165, 1.54) is 0 Å². The fourth-order valence-electron chi connectivity index (χ4n) is 2.06. The minimum absolute atomic E-state index is 0.347. The fraction of sp³-hybridized carbons (Fsp3) is 0.188. The van der Waals surface area contributed by atoms with Crippen molar-refractivity contribution in [1.29, 1.82) is 0 Å². The molecule has 1 rings (SSSR count). The SMILES string of the molecule is C=CCc1ccc(C(=O)O)c(CC=C)c1CC=C. The lowest BCUT2D eigenvalue weighted by Crippen LogP contribution is -2.08. The second-order valence-corrected chi connectivity index (χ2v) is 4.01. The van der Waals surface area contributed by atoms with Crippen molar-refractivity contribution >= 4 is 5.97 Å². The van der Waals surface area contributed by atoms with Gasteiger partial charge >= 0.3 is 5.97 Å². The molecule has 1 aromatic carbocycles. The normalized spacial score (nSPS) is 9.78. The highest BCUT2D eigenvalue weighted by Gasteiger charge is 2.15. The molecule has 0 aliphatic heterocycles. The average molecular weight is 242 g/mol. The summed E-state index contributed by atoms with van der Waals surface area (Å²) in [5.41, 5.74) is 3.31. The van der Waals surface area contributed by atoms with E-state index in [0.717, 1.165) is 23.1 Å². The molecule has 94 valence electrons. The van der Waals surface area contributed by atoms with E-state index < -0.39 is 5.97 Å². The van der Waals surface area contributed by atoms with Gasteiger partial charge in [-0.3, -0.25) is 0 Å². The maximum absolute atomic E-state index is 11.2. The third-order valence-corrected chi connectivity index (χ3v) is 2.82. The lowest BCUT2D eigenvalue weighted by Gasteiger charge is -2.14. The molecule has 0 unspecified atom stereocenters. The summed E-state index contributed by atoms with van der Waals surface area (Å²) in [4.78, 5) is 11.2. The minimum atomic E-state index is -0.901. The third kappa shape index (κ3) is 2.98. The predicted molar refractivity (Wildman–Crippen MR) is 75.1 cm³/mol. The van der Waals surface area contributed by atoms with Crippen LogP contribution in [0.5, 0.6) is 0 Å². The van der Waals surface area contributed by atoms with Gasteiger partial charge in [0.05, 0.1) is 5.56 Å². The third-order valence-electron chi connectivity index (χ3n) is 2.82. The zero-order valence-corrected chi connectivity index (χ0v) is 10.5. The zero-order valence-electron chi connectivity index (χ0n) is 10.5. The number of carboxylic acids is 1. The summed E-state index contributed by atoms with van der Waals surface area (Å²) >= 11 is 0. The standard InChI is InChI=1S/C16H18O2/c1-4-7-12-10-11-15(16(17)18)14(9-6-3)13(12)8-5-2/h4-6,10-11H,1-3,7-9H2,(H,17,18). The van der Waals surface area contributed by atoms with Gasteiger partial charge < -0.3 is 5.11 Å². The molecule has 0 aromatic heterocycles. The lowest BCUT2D eigenvalue weighted by molar-refractivity contribution is 0.0695. The summed E-state index contributed by atoms with van der Waals surface area (Å²) in [5.74, 6) is -0.901. The van der Waals surface area contributed by atoms with E-state index in [2.05, 4.69) is 19.7 Å². The predicted octanol–water partition coefficient (Wildman–Crippen LogP) is 3.57. The molecule has 0 saturated heterocycles. The van der Waals surface area contributed by atoms with Crippen LogP contribution in [0.3, 0.4) is 0 Å². The van der Waals surface area contributed by atoms with E-state index in [1.807, 2.05) is 12.1 Å². The maximum Gasteiger partial charge on any atom is 0.335 e. The molecule has 2 heteroatoms. The fourth-order valence-corrected chi connectivity index (χ4v) is 2.06. The van der Waals surface area contributed by atoms with Gasteiger partial charge in [0.2, 0.25) is 0 Å². The first-order valence-corrected chi connectivity index (χ1v) is 5.85. The van der Waals surface area contributed by atoms with Gasteiger partial charge in [-0.05, 0) is 42.0 Å². The maximum atomic E-state index is 11.2. The van der Waals surface area contributed by atoms with Gasteiger partial charge in [0.25, 0.3) is 0 Å². The first-order chi connectivity index (χ1) is 8.65. The van der Waals surface area contributed by atoms with Crippen LogP contribution in [0.1, 0.15) is 27.0 Å². The molecule has 1 N–H and O–H groups in total. The molecule has 0 bridgehead atoms. The lowest BCUT2D eigenvalue weighted by atomic mass is 9.90. The Hall–Kier alpha value is -2.09. The molecule has 0 fully saturated rings. The topological polar surface area (TPSA) is 37.3 Å². The van der Waals surface area contributed by atoms with Gasteiger partial charge in [0.15, 0.2) is 0 Å². The molecule has 0 amide bonds. The summed E-state index contributed by atoms with van der Waals surface area (Å²) in [5, 5.41) is 9.23. The number of carbonyl (C=O) groups is 1. The molecule has 1 aromatic rings. The van der Waals surface area contributed by atoms with Crippen LogP contribution < -0.4 is 0 Å². The van der Waals surface area contributed by atoms with Gasteiger partial charge in [0, 0.05) is 0 Å². The highest BCUT2D eigenvalue weighted by Crippen LogP contribution is 2.22. The van der Waals surface area contributed by atoms with Crippen LogP contribution >= 0.6 is 0 Å². The Morgan fingerprint density at radius 1 is 1.00 bits per heavy atom. The molecule has 0 atom stereocenters. The number of allylic oxidation sites excluding steroid dienone is 3. The molecule has 2 nitrogen and oxygen atoms in total. The number of carboxylic acid groups (broad SMARTS) is 1. The Balaban J connectivity index is 3.46. The zero-order chi connectivity index (χ0) is 13.5. The Bertz CT molecular complexity index is 484. The quantitative estimate of drug-likeness (QED) is 0.742. The van der Waals surface area contributed by atoms with E-state index in [-0.39, 0.29) is 0 Å². The molecule has 0 aliphatic rings. The molecule has 0 saturated carbocycles. The van der Waals surface area contributed by atoms with Crippen molar-refractivity contribution < 1.29 is 9.90 Å². The van der Waals surface area contributed by atoms with Crippen molar-refractivity contribution in [2.45, 2.75) is 19.3 Å². The van der Waals surface area contributed by atoms with Gasteiger partial charge in [-0.25, -0.2) is 4.79 Å². The highest BCUT2D eigenvalue weighted by atomic mass is 16.4. The van der Waals surface area contributed by atoms with Crippen LogP contribution in [-0.2, 0) is 19.3 Å². The van der Waals surface area contributed by atoms with E-state index >= 15 is 0 Å². The monoisotopic (exact) mass is 242 g/mol. The van der Waals surface area contributed by atoms with Gasteiger partial charge in [-0.2, -0.15) is 0 Å². The van der Waals surface area contributed by atoms with Crippen molar-refractivity contribution in [2.75, 3.05) is 0 Å². The van der Waals surface area contributed by atoms with Crippen molar-refractivity contribution in [3.05, 3.63) is 72.4 Å². The Kier molecular flexibility index (Phi) is 5.12. The smallest absolute Gasteiger partial charge is 0.335 e. The molecule has 0 aliphatic carbocycles. The van der Waals surface area contributed by atoms with Crippen molar-refractivity contribution in [1.82, 2.24) is 0 Å². The first-order valence-electron chi connectivity index (χ1n) is 5.85. The Morgan fingerprint density at radius 3 is 2.06 bits per heavy atom. The minimum Gasteiger partial charge on any atom is -0.478 e. The average Bonchev–Trinajstić information content (AvgIpc) is 2.33. The second-order valence-electron chi connectivity index (χ2n) is 4.01. The van der Waals surface area contributed by atoms with Gasteiger partial charge in [-0.15, -0.1) is 19.7 Å². The molecular weight excluding hydrogens is 224 g/mol.